The van der Waals surface area contributed by atoms with Gasteiger partial charge in [0.2, 0.25) is 0 Å². The zero-order chi connectivity index (χ0) is 19.4. The van der Waals surface area contributed by atoms with Gasteiger partial charge in [0.1, 0.15) is 5.75 Å². The highest BCUT2D eigenvalue weighted by Gasteiger charge is 2.18. The Bertz CT molecular complexity index is 908. The molecule has 0 radical (unpaired) electrons. The molecule has 0 saturated carbocycles. The van der Waals surface area contributed by atoms with Crippen LogP contribution in [0.2, 0.25) is 0 Å². The minimum absolute atomic E-state index is 0.0773. The smallest absolute Gasteiger partial charge is 0.262 e. The van der Waals surface area contributed by atoms with E-state index in [0.29, 0.717) is 34.8 Å². The van der Waals surface area contributed by atoms with Crippen molar-refractivity contribution in [2.75, 3.05) is 23.8 Å². The van der Waals surface area contributed by atoms with Gasteiger partial charge >= 0.3 is 0 Å². The first-order valence-electron chi connectivity index (χ1n) is 8.75. The summed E-state index contributed by atoms with van der Waals surface area (Å²) in [6, 6.07) is 10.00. The number of benzene rings is 2. The summed E-state index contributed by atoms with van der Waals surface area (Å²) in [7, 11) is 0. The van der Waals surface area contributed by atoms with Crippen LogP contribution in [-0.4, -0.2) is 30.9 Å². The second kappa shape index (κ2) is 7.90. The van der Waals surface area contributed by atoms with E-state index in [2.05, 4.69) is 16.0 Å². The number of anilines is 2. The van der Waals surface area contributed by atoms with Gasteiger partial charge in [0, 0.05) is 23.4 Å². The molecule has 27 heavy (non-hydrogen) atoms. The molecule has 140 valence electrons. The molecule has 2 aromatic carbocycles. The predicted molar refractivity (Wildman–Crippen MR) is 102 cm³/mol. The van der Waals surface area contributed by atoms with Gasteiger partial charge in [0.25, 0.3) is 17.7 Å². The molecule has 7 heteroatoms. The lowest BCUT2D eigenvalue weighted by Gasteiger charge is -2.18. The maximum atomic E-state index is 12.6. The number of ether oxygens (including phenoxy) is 1. The average molecular weight is 367 g/mol. The van der Waals surface area contributed by atoms with Crippen LogP contribution in [0.4, 0.5) is 11.4 Å². The van der Waals surface area contributed by atoms with E-state index in [1.807, 2.05) is 13.8 Å². The van der Waals surface area contributed by atoms with Crippen LogP contribution in [-0.2, 0) is 4.79 Å². The molecule has 0 atom stereocenters. The molecule has 0 aliphatic carbocycles. The Hall–Kier alpha value is -3.35. The van der Waals surface area contributed by atoms with E-state index in [9.17, 15) is 14.4 Å². The number of aryl methyl sites for hydroxylation is 1. The van der Waals surface area contributed by atoms with Gasteiger partial charge < -0.3 is 20.7 Å². The quantitative estimate of drug-likeness (QED) is 0.757. The maximum absolute atomic E-state index is 12.6. The third kappa shape index (κ3) is 4.25. The van der Waals surface area contributed by atoms with Crippen LogP contribution < -0.4 is 20.7 Å². The number of amides is 3. The number of carbonyl (C=O) groups is 3. The molecule has 3 N–H and O–H groups in total. The van der Waals surface area contributed by atoms with Gasteiger partial charge in [-0.15, -0.1) is 0 Å². The van der Waals surface area contributed by atoms with Crippen molar-refractivity contribution >= 4 is 29.1 Å². The van der Waals surface area contributed by atoms with Crippen molar-refractivity contribution in [1.29, 1.82) is 0 Å². The minimum atomic E-state index is -0.326. The molecule has 0 spiro atoms. The summed E-state index contributed by atoms with van der Waals surface area (Å²) in [5.74, 6) is -0.280. The fourth-order valence-corrected chi connectivity index (χ4v) is 2.65. The van der Waals surface area contributed by atoms with Crippen molar-refractivity contribution in [3.63, 3.8) is 0 Å². The lowest BCUT2D eigenvalue weighted by molar-refractivity contribution is -0.118. The fourth-order valence-electron chi connectivity index (χ4n) is 2.65. The second-order valence-electron chi connectivity index (χ2n) is 6.29. The topological polar surface area (TPSA) is 96.5 Å². The Balaban J connectivity index is 1.77. The number of carbonyl (C=O) groups excluding carboxylic acids is 3. The molecule has 0 unspecified atom stereocenters. The van der Waals surface area contributed by atoms with Crippen LogP contribution in [0.3, 0.4) is 0 Å². The SMILES string of the molecule is CCCNC(=O)c1ccc(C)c(NC(=O)c2ccc3c(c2)OCC(=O)N3)c1. The van der Waals surface area contributed by atoms with Gasteiger partial charge in [-0.05, 0) is 49.2 Å². The van der Waals surface area contributed by atoms with Crippen molar-refractivity contribution in [2.24, 2.45) is 0 Å². The maximum Gasteiger partial charge on any atom is 0.262 e. The molecule has 2 aromatic rings. The Morgan fingerprint density at radius 3 is 2.63 bits per heavy atom. The van der Waals surface area contributed by atoms with Crippen LogP contribution in [0.15, 0.2) is 36.4 Å². The van der Waals surface area contributed by atoms with Gasteiger partial charge in [0.15, 0.2) is 6.61 Å². The molecule has 0 fully saturated rings. The predicted octanol–water partition coefficient (Wildman–Crippen LogP) is 2.72. The summed E-state index contributed by atoms with van der Waals surface area (Å²) in [4.78, 5) is 36.1. The summed E-state index contributed by atoms with van der Waals surface area (Å²) in [6.07, 6.45) is 0.849. The van der Waals surface area contributed by atoms with Crippen LogP contribution >= 0.6 is 0 Å². The van der Waals surface area contributed by atoms with Crippen molar-refractivity contribution in [2.45, 2.75) is 20.3 Å². The van der Waals surface area contributed by atoms with Crippen LogP contribution in [0, 0.1) is 6.92 Å². The summed E-state index contributed by atoms with van der Waals surface area (Å²) in [5.41, 5.74) is 2.83. The van der Waals surface area contributed by atoms with Crippen LogP contribution in [0.1, 0.15) is 39.6 Å². The fraction of sp³-hybridized carbons (Fsp3) is 0.250. The summed E-state index contributed by atoms with van der Waals surface area (Å²) >= 11 is 0. The number of hydrogen-bond donors (Lipinski definition) is 3. The van der Waals surface area contributed by atoms with Gasteiger partial charge in [-0.2, -0.15) is 0 Å². The van der Waals surface area contributed by atoms with Crippen molar-refractivity contribution in [3.05, 3.63) is 53.1 Å². The molecule has 1 aliphatic heterocycles. The van der Waals surface area contributed by atoms with Crippen LogP contribution in [0.25, 0.3) is 0 Å². The lowest BCUT2D eigenvalue weighted by atomic mass is 10.1. The Labute approximate surface area is 157 Å². The molecule has 3 rings (SSSR count). The van der Waals surface area contributed by atoms with Gasteiger partial charge in [-0.25, -0.2) is 0 Å². The monoisotopic (exact) mass is 367 g/mol. The van der Waals surface area contributed by atoms with Gasteiger partial charge in [0.05, 0.1) is 5.69 Å². The summed E-state index contributed by atoms with van der Waals surface area (Å²) in [5, 5.41) is 8.33. The van der Waals surface area contributed by atoms with E-state index < -0.39 is 0 Å². The summed E-state index contributed by atoms with van der Waals surface area (Å²) < 4.78 is 5.34. The minimum Gasteiger partial charge on any atom is -0.482 e. The molecular weight excluding hydrogens is 346 g/mol. The van der Waals surface area contributed by atoms with E-state index in [1.54, 1.807) is 36.4 Å². The largest absolute Gasteiger partial charge is 0.482 e. The molecule has 1 aliphatic rings. The first-order chi connectivity index (χ1) is 13.0. The van der Waals surface area contributed by atoms with E-state index in [4.69, 9.17) is 4.74 Å². The van der Waals surface area contributed by atoms with E-state index in [1.165, 1.54) is 0 Å². The lowest BCUT2D eigenvalue weighted by Crippen LogP contribution is -2.25. The van der Waals surface area contributed by atoms with E-state index in [-0.39, 0.29) is 24.3 Å². The molecule has 0 aromatic heterocycles. The number of rotatable bonds is 5. The normalized spacial score (nSPS) is 12.4. The van der Waals surface area contributed by atoms with E-state index in [0.717, 1.165) is 12.0 Å². The highest BCUT2D eigenvalue weighted by molar-refractivity contribution is 6.06. The third-order valence-corrected chi connectivity index (χ3v) is 4.16. The number of hydrogen-bond acceptors (Lipinski definition) is 4. The second-order valence-corrected chi connectivity index (χ2v) is 6.29. The first-order valence-corrected chi connectivity index (χ1v) is 8.75. The Morgan fingerprint density at radius 2 is 1.85 bits per heavy atom. The molecule has 7 nitrogen and oxygen atoms in total. The number of nitrogens with one attached hydrogen (secondary N) is 3. The first kappa shape index (κ1) is 18.4. The highest BCUT2D eigenvalue weighted by atomic mass is 16.5. The zero-order valence-electron chi connectivity index (χ0n) is 15.2. The Kier molecular flexibility index (Phi) is 5.40. The molecule has 0 bridgehead atoms. The van der Waals surface area contributed by atoms with Crippen molar-refractivity contribution in [3.8, 4) is 5.75 Å². The molecule has 1 heterocycles. The standard InChI is InChI=1S/C20H21N3O4/c1-3-8-21-19(25)13-5-4-12(2)16(9-13)23-20(26)14-6-7-15-17(10-14)27-11-18(24)22-15/h4-7,9-10H,3,8,11H2,1-2H3,(H,21,25)(H,22,24)(H,23,26). The van der Waals surface area contributed by atoms with Crippen LogP contribution in [0.5, 0.6) is 5.75 Å². The van der Waals surface area contributed by atoms with Crippen molar-refractivity contribution < 1.29 is 19.1 Å². The third-order valence-electron chi connectivity index (χ3n) is 4.16. The molecule has 3 amide bonds. The van der Waals surface area contributed by atoms with Gasteiger partial charge in [-0.1, -0.05) is 13.0 Å². The molecule has 0 saturated heterocycles. The zero-order valence-corrected chi connectivity index (χ0v) is 15.2. The highest BCUT2D eigenvalue weighted by Crippen LogP contribution is 2.29. The van der Waals surface area contributed by atoms with E-state index >= 15 is 0 Å². The molecular formula is C20H21N3O4. The number of fused-ring (bicyclic) bond motifs is 1. The van der Waals surface area contributed by atoms with Gasteiger partial charge in [-0.3, -0.25) is 14.4 Å². The summed E-state index contributed by atoms with van der Waals surface area (Å²) in [6.45, 7) is 4.36. The Morgan fingerprint density at radius 1 is 1.11 bits per heavy atom. The van der Waals surface area contributed by atoms with Crippen molar-refractivity contribution in [1.82, 2.24) is 5.32 Å². The average Bonchev–Trinajstić information content (AvgIpc) is 2.67.